The Balaban J connectivity index is 1.66. The molecule has 2 aromatic rings. The maximum atomic E-state index is 13.1. The number of aryl methyl sites for hydroxylation is 1. The zero-order chi connectivity index (χ0) is 19.4. The van der Waals surface area contributed by atoms with E-state index in [1.165, 1.54) is 24.1 Å². The Kier molecular flexibility index (Phi) is 5.86. The molecule has 5 nitrogen and oxygen atoms in total. The second-order valence-electron chi connectivity index (χ2n) is 6.98. The number of nitrogens with one attached hydrogen (secondary N) is 2. The van der Waals surface area contributed by atoms with Gasteiger partial charge in [0.05, 0.1) is 18.7 Å². The van der Waals surface area contributed by atoms with Gasteiger partial charge in [0.1, 0.15) is 12.4 Å². The van der Waals surface area contributed by atoms with Crippen LogP contribution in [0.15, 0.2) is 42.5 Å². The Morgan fingerprint density at radius 2 is 1.89 bits per heavy atom. The van der Waals surface area contributed by atoms with Gasteiger partial charge in [-0.05, 0) is 36.8 Å². The first-order valence-corrected chi connectivity index (χ1v) is 9.04. The van der Waals surface area contributed by atoms with E-state index in [2.05, 4.69) is 5.32 Å². The van der Waals surface area contributed by atoms with Crippen LogP contribution in [0.4, 0.5) is 10.1 Å². The van der Waals surface area contributed by atoms with Crippen LogP contribution >= 0.6 is 0 Å². The van der Waals surface area contributed by atoms with Gasteiger partial charge >= 0.3 is 5.97 Å². The highest BCUT2D eigenvalue weighted by Crippen LogP contribution is 2.18. The number of halogens is 1. The summed E-state index contributed by atoms with van der Waals surface area (Å²) in [6.45, 7) is 2.88. The van der Waals surface area contributed by atoms with Crippen molar-refractivity contribution >= 4 is 17.6 Å². The van der Waals surface area contributed by atoms with E-state index in [1.807, 2.05) is 6.92 Å². The Labute approximate surface area is 158 Å². The molecule has 3 rings (SSSR count). The molecule has 1 saturated carbocycles. The highest BCUT2D eigenvalue weighted by Gasteiger charge is 2.34. The van der Waals surface area contributed by atoms with E-state index in [0.717, 1.165) is 24.0 Å². The average Bonchev–Trinajstić information content (AvgIpc) is 3.49. The third kappa shape index (κ3) is 5.14. The zero-order valence-electron chi connectivity index (χ0n) is 15.5. The smallest absolute Gasteiger partial charge is 0.337 e. The number of carbonyl (C=O) groups excluding carboxylic acids is 2. The fraction of sp³-hybridized carbons (Fsp3) is 0.333. The van der Waals surface area contributed by atoms with Crippen LogP contribution in [0.3, 0.4) is 0 Å². The lowest BCUT2D eigenvalue weighted by Gasteiger charge is -2.19. The van der Waals surface area contributed by atoms with Crippen LogP contribution in [0.5, 0.6) is 0 Å². The molecule has 0 aliphatic heterocycles. The SMILES string of the molecule is COC(=O)c1ccc(C)c(NC(=O)C[NH+](Cc2ccc(F)cc2)C2CC2)c1. The van der Waals surface area contributed by atoms with E-state index in [9.17, 15) is 14.0 Å². The van der Waals surface area contributed by atoms with Crippen LogP contribution < -0.4 is 10.2 Å². The van der Waals surface area contributed by atoms with Crippen LogP contribution in [0.2, 0.25) is 0 Å². The lowest BCUT2D eigenvalue weighted by Crippen LogP contribution is -3.13. The fourth-order valence-electron chi connectivity index (χ4n) is 3.11. The van der Waals surface area contributed by atoms with Crippen molar-refractivity contribution in [3.05, 3.63) is 65.0 Å². The van der Waals surface area contributed by atoms with Crippen LogP contribution in [-0.4, -0.2) is 31.6 Å². The number of esters is 1. The summed E-state index contributed by atoms with van der Waals surface area (Å²) in [4.78, 5) is 25.5. The van der Waals surface area contributed by atoms with Gasteiger partial charge in [0.15, 0.2) is 6.54 Å². The third-order valence-electron chi connectivity index (χ3n) is 4.82. The molecule has 1 fully saturated rings. The number of hydrogen-bond acceptors (Lipinski definition) is 3. The third-order valence-corrected chi connectivity index (χ3v) is 4.82. The molecule has 1 amide bonds. The minimum Gasteiger partial charge on any atom is -0.465 e. The van der Waals surface area contributed by atoms with Gasteiger partial charge in [-0.1, -0.05) is 18.2 Å². The van der Waals surface area contributed by atoms with Crippen molar-refractivity contribution in [2.75, 3.05) is 19.0 Å². The van der Waals surface area contributed by atoms with Crippen molar-refractivity contribution in [3.63, 3.8) is 0 Å². The van der Waals surface area contributed by atoms with E-state index in [4.69, 9.17) is 4.74 Å². The summed E-state index contributed by atoms with van der Waals surface area (Å²) in [6.07, 6.45) is 2.20. The van der Waals surface area contributed by atoms with Gasteiger partial charge in [-0.25, -0.2) is 9.18 Å². The molecule has 0 bridgehead atoms. The molecule has 1 atom stereocenters. The summed E-state index contributed by atoms with van der Waals surface area (Å²) in [5.74, 6) is -0.804. The molecule has 0 heterocycles. The van der Waals surface area contributed by atoms with Gasteiger partial charge in [-0.2, -0.15) is 0 Å². The van der Waals surface area contributed by atoms with E-state index in [1.54, 1.807) is 30.3 Å². The lowest BCUT2D eigenvalue weighted by molar-refractivity contribution is -0.916. The predicted octanol–water partition coefficient (Wildman–Crippen LogP) is 2.11. The molecule has 0 saturated heterocycles. The monoisotopic (exact) mass is 371 g/mol. The van der Waals surface area contributed by atoms with Gasteiger partial charge < -0.3 is 15.0 Å². The summed E-state index contributed by atoms with van der Waals surface area (Å²) in [6, 6.07) is 12.0. The predicted molar refractivity (Wildman–Crippen MR) is 100 cm³/mol. The van der Waals surface area contributed by atoms with E-state index >= 15 is 0 Å². The van der Waals surface area contributed by atoms with Crippen molar-refractivity contribution in [2.45, 2.75) is 32.4 Å². The number of quaternary nitrogens is 1. The van der Waals surface area contributed by atoms with Crippen molar-refractivity contribution in [2.24, 2.45) is 0 Å². The van der Waals surface area contributed by atoms with Crippen LogP contribution in [-0.2, 0) is 16.1 Å². The van der Waals surface area contributed by atoms with Crippen molar-refractivity contribution < 1.29 is 23.6 Å². The lowest BCUT2D eigenvalue weighted by atomic mass is 10.1. The highest BCUT2D eigenvalue weighted by atomic mass is 19.1. The molecular weight excluding hydrogens is 347 g/mol. The average molecular weight is 371 g/mol. The Hall–Kier alpha value is -2.73. The largest absolute Gasteiger partial charge is 0.465 e. The second kappa shape index (κ2) is 8.31. The van der Waals surface area contributed by atoms with E-state index < -0.39 is 5.97 Å². The summed E-state index contributed by atoms with van der Waals surface area (Å²) in [5.41, 5.74) is 2.90. The van der Waals surface area contributed by atoms with E-state index in [-0.39, 0.29) is 11.7 Å². The number of anilines is 1. The first kappa shape index (κ1) is 19.0. The minimum absolute atomic E-state index is 0.107. The first-order valence-electron chi connectivity index (χ1n) is 9.04. The van der Waals surface area contributed by atoms with Gasteiger partial charge in [0.25, 0.3) is 5.91 Å². The van der Waals surface area contributed by atoms with Crippen LogP contribution in [0.1, 0.15) is 34.3 Å². The first-order chi connectivity index (χ1) is 13.0. The molecule has 1 aliphatic rings. The van der Waals surface area contributed by atoms with Crippen LogP contribution in [0, 0.1) is 12.7 Å². The van der Waals surface area contributed by atoms with Crippen LogP contribution in [0.25, 0.3) is 0 Å². The van der Waals surface area contributed by atoms with Gasteiger partial charge in [-0.15, -0.1) is 0 Å². The number of carbonyl (C=O) groups is 2. The van der Waals surface area contributed by atoms with Crippen molar-refractivity contribution in [1.82, 2.24) is 0 Å². The number of amides is 1. The molecule has 6 heteroatoms. The number of hydrogen-bond donors (Lipinski definition) is 2. The zero-order valence-corrected chi connectivity index (χ0v) is 15.5. The minimum atomic E-state index is -0.438. The normalized spacial score (nSPS) is 14.5. The second-order valence-corrected chi connectivity index (χ2v) is 6.98. The quantitative estimate of drug-likeness (QED) is 0.733. The molecule has 142 valence electrons. The molecule has 2 N–H and O–H groups in total. The Morgan fingerprint density at radius 3 is 2.52 bits per heavy atom. The fourth-order valence-corrected chi connectivity index (χ4v) is 3.11. The molecule has 1 aliphatic carbocycles. The van der Waals surface area contributed by atoms with Crippen molar-refractivity contribution in [3.8, 4) is 0 Å². The topological polar surface area (TPSA) is 59.8 Å². The molecule has 2 aromatic carbocycles. The molecule has 1 unspecified atom stereocenters. The molecular formula is C21H24FN2O3+. The summed E-state index contributed by atoms with van der Waals surface area (Å²) >= 11 is 0. The molecule has 27 heavy (non-hydrogen) atoms. The maximum Gasteiger partial charge on any atom is 0.337 e. The summed E-state index contributed by atoms with van der Waals surface area (Å²) < 4.78 is 17.8. The maximum absolute atomic E-state index is 13.1. The van der Waals surface area contributed by atoms with E-state index in [0.29, 0.717) is 30.4 Å². The summed E-state index contributed by atoms with van der Waals surface area (Å²) in [7, 11) is 1.33. The standard InChI is InChI=1S/C21H23FN2O3/c1-14-3-6-16(21(26)27-2)11-19(14)23-20(25)13-24(18-9-10-18)12-15-4-7-17(22)8-5-15/h3-8,11,18H,9-10,12-13H2,1-2H3,(H,23,25)/p+1. The number of benzene rings is 2. The van der Waals surface area contributed by atoms with Crippen molar-refractivity contribution in [1.29, 1.82) is 0 Å². The van der Waals surface area contributed by atoms with Gasteiger partial charge in [-0.3, -0.25) is 4.79 Å². The number of ether oxygens (including phenoxy) is 1. The van der Waals surface area contributed by atoms with Gasteiger partial charge in [0.2, 0.25) is 0 Å². The Morgan fingerprint density at radius 1 is 1.19 bits per heavy atom. The van der Waals surface area contributed by atoms with Gasteiger partial charge in [0, 0.05) is 24.1 Å². The molecule has 0 aromatic heterocycles. The number of methoxy groups -OCH3 is 1. The molecule has 0 radical (unpaired) electrons. The number of rotatable bonds is 7. The summed E-state index contributed by atoms with van der Waals surface area (Å²) in [5, 5.41) is 2.91. The Bertz CT molecular complexity index is 832. The molecule has 0 spiro atoms. The highest BCUT2D eigenvalue weighted by molar-refractivity contribution is 5.95.